The lowest BCUT2D eigenvalue weighted by Gasteiger charge is -2.20. The maximum Gasteiger partial charge on any atom is 0.125 e. The molecule has 0 saturated heterocycles. The second-order valence-corrected chi connectivity index (χ2v) is 5.09. The Morgan fingerprint density at radius 1 is 1.22 bits per heavy atom. The Hall–Kier alpha value is -1.55. The van der Waals surface area contributed by atoms with E-state index in [9.17, 15) is 4.39 Å². The van der Waals surface area contributed by atoms with Crippen molar-refractivity contribution >= 4 is 27.3 Å². The number of nitrogens with zero attached hydrogens (tertiary/aromatic N) is 1. The van der Waals surface area contributed by atoms with Gasteiger partial charge in [-0.05, 0) is 35.9 Å². The summed E-state index contributed by atoms with van der Waals surface area (Å²) in [5, 5.41) is 0. The molecule has 0 atom stereocenters. The van der Waals surface area contributed by atoms with Crippen LogP contribution in [-0.4, -0.2) is 7.05 Å². The predicted octanol–water partition coefficient (Wildman–Crippen LogP) is 3.81. The molecule has 4 heteroatoms. The van der Waals surface area contributed by atoms with Crippen molar-refractivity contribution in [1.29, 1.82) is 0 Å². The molecule has 0 amide bonds. The van der Waals surface area contributed by atoms with E-state index in [1.54, 1.807) is 6.07 Å². The molecule has 94 valence electrons. The molecule has 0 saturated carbocycles. The molecule has 0 spiro atoms. The normalized spacial score (nSPS) is 10.4. The minimum absolute atomic E-state index is 0.233. The number of anilines is 2. The summed E-state index contributed by atoms with van der Waals surface area (Å²) in [6, 6.07) is 12.3. The summed E-state index contributed by atoms with van der Waals surface area (Å²) in [6.45, 7) is 0.641. The Bertz CT molecular complexity index is 557. The molecule has 18 heavy (non-hydrogen) atoms. The van der Waals surface area contributed by atoms with E-state index in [4.69, 9.17) is 5.73 Å². The van der Waals surface area contributed by atoms with E-state index < -0.39 is 0 Å². The zero-order valence-electron chi connectivity index (χ0n) is 10.0. The van der Waals surface area contributed by atoms with Gasteiger partial charge in [0.25, 0.3) is 0 Å². The van der Waals surface area contributed by atoms with Crippen LogP contribution in [0, 0.1) is 5.82 Å². The molecular formula is C14H14BrFN2. The van der Waals surface area contributed by atoms with Crippen LogP contribution in [0.25, 0.3) is 0 Å². The minimum Gasteiger partial charge on any atom is -0.398 e. The van der Waals surface area contributed by atoms with Crippen molar-refractivity contribution in [2.45, 2.75) is 6.54 Å². The van der Waals surface area contributed by atoms with Gasteiger partial charge in [-0.15, -0.1) is 0 Å². The van der Waals surface area contributed by atoms with Crippen LogP contribution in [0.5, 0.6) is 0 Å². The average molecular weight is 309 g/mol. The summed E-state index contributed by atoms with van der Waals surface area (Å²) in [6.07, 6.45) is 0. The summed E-state index contributed by atoms with van der Waals surface area (Å²) in [5.74, 6) is -0.233. The average Bonchev–Trinajstić information content (AvgIpc) is 2.32. The molecule has 0 aromatic heterocycles. The van der Waals surface area contributed by atoms with E-state index in [2.05, 4.69) is 15.9 Å². The third kappa shape index (κ3) is 3.01. The Kier molecular flexibility index (Phi) is 3.87. The number of halogens is 2. The van der Waals surface area contributed by atoms with Gasteiger partial charge < -0.3 is 10.6 Å². The molecule has 2 rings (SSSR count). The lowest BCUT2D eigenvalue weighted by atomic mass is 10.1. The van der Waals surface area contributed by atoms with Gasteiger partial charge in [0.15, 0.2) is 0 Å². The van der Waals surface area contributed by atoms with E-state index >= 15 is 0 Å². The van der Waals surface area contributed by atoms with Crippen molar-refractivity contribution < 1.29 is 4.39 Å². The lowest BCUT2D eigenvalue weighted by Crippen LogP contribution is -2.17. The number of hydrogen-bond acceptors (Lipinski definition) is 2. The van der Waals surface area contributed by atoms with E-state index in [1.165, 1.54) is 12.1 Å². The molecule has 2 nitrogen and oxygen atoms in total. The van der Waals surface area contributed by atoms with Gasteiger partial charge in [-0.2, -0.15) is 0 Å². The molecule has 0 fully saturated rings. The summed E-state index contributed by atoms with van der Waals surface area (Å²) in [7, 11) is 1.91. The van der Waals surface area contributed by atoms with Gasteiger partial charge in [-0.1, -0.05) is 28.1 Å². The first-order valence-electron chi connectivity index (χ1n) is 5.57. The standard InChI is InChI=1S/C14H14BrFN2/c1-18(13-4-2-3-12(16)8-13)9-10-5-6-11(15)7-14(10)17/h2-8H,9,17H2,1H3. The molecular weight excluding hydrogens is 295 g/mol. The van der Waals surface area contributed by atoms with Gasteiger partial charge in [-0.3, -0.25) is 0 Å². The molecule has 0 unspecified atom stereocenters. The van der Waals surface area contributed by atoms with Crippen molar-refractivity contribution in [2.75, 3.05) is 17.7 Å². The first kappa shape index (κ1) is 12.9. The van der Waals surface area contributed by atoms with E-state index in [-0.39, 0.29) is 5.82 Å². The van der Waals surface area contributed by atoms with Crippen LogP contribution >= 0.6 is 15.9 Å². The highest BCUT2D eigenvalue weighted by molar-refractivity contribution is 9.10. The fourth-order valence-corrected chi connectivity index (χ4v) is 2.15. The van der Waals surface area contributed by atoms with Gasteiger partial charge in [0.1, 0.15) is 5.82 Å². The third-order valence-corrected chi connectivity index (χ3v) is 3.26. The molecule has 0 bridgehead atoms. The van der Waals surface area contributed by atoms with Crippen molar-refractivity contribution in [1.82, 2.24) is 0 Å². The number of nitrogens with two attached hydrogens (primary N) is 1. The van der Waals surface area contributed by atoms with E-state index in [0.29, 0.717) is 6.54 Å². The third-order valence-electron chi connectivity index (χ3n) is 2.76. The van der Waals surface area contributed by atoms with Gasteiger partial charge in [0.2, 0.25) is 0 Å². The number of rotatable bonds is 3. The monoisotopic (exact) mass is 308 g/mol. The molecule has 2 aromatic carbocycles. The Labute approximate surface area is 114 Å². The molecule has 0 aliphatic rings. The Balaban J connectivity index is 2.18. The second-order valence-electron chi connectivity index (χ2n) is 4.18. The molecule has 0 aliphatic carbocycles. The van der Waals surface area contributed by atoms with Crippen LogP contribution in [0.3, 0.4) is 0 Å². The van der Waals surface area contributed by atoms with E-state index in [0.717, 1.165) is 21.4 Å². The number of nitrogen functional groups attached to an aromatic ring is 1. The molecule has 0 radical (unpaired) electrons. The highest BCUT2D eigenvalue weighted by Gasteiger charge is 2.06. The smallest absolute Gasteiger partial charge is 0.125 e. The first-order valence-corrected chi connectivity index (χ1v) is 6.36. The number of hydrogen-bond donors (Lipinski definition) is 1. The zero-order chi connectivity index (χ0) is 13.1. The van der Waals surface area contributed by atoms with E-state index in [1.807, 2.05) is 36.2 Å². The quantitative estimate of drug-likeness (QED) is 0.874. The fourth-order valence-electron chi connectivity index (χ4n) is 1.77. The lowest BCUT2D eigenvalue weighted by molar-refractivity contribution is 0.627. The van der Waals surface area contributed by atoms with Crippen molar-refractivity contribution in [3.63, 3.8) is 0 Å². The van der Waals surface area contributed by atoms with Crippen LogP contribution in [0.2, 0.25) is 0 Å². The first-order chi connectivity index (χ1) is 8.56. The molecule has 0 aliphatic heterocycles. The van der Waals surface area contributed by atoms with Crippen LogP contribution < -0.4 is 10.6 Å². The van der Waals surface area contributed by atoms with Gasteiger partial charge >= 0.3 is 0 Å². The van der Waals surface area contributed by atoms with Crippen LogP contribution in [0.4, 0.5) is 15.8 Å². The predicted molar refractivity (Wildman–Crippen MR) is 77.1 cm³/mol. The molecule has 2 aromatic rings. The maximum atomic E-state index is 13.1. The SMILES string of the molecule is CN(Cc1ccc(Br)cc1N)c1cccc(F)c1. The minimum atomic E-state index is -0.233. The van der Waals surface area contributed by atoms with Gasteiger partial charge in [0.05, 0.1) is 0 Å². The van der Waals surface area contributed by atoms with Crippen molar-refractivity contribution in [2.24, 2.45) is 0 Å². The molecule has 2 N–H and O–H groups in total. The largest absolute Gasteiger partial charge is 0.398 e. The fraction of sp³-hybridized carbons (Fsp3) is 0.143. The van der Waals surface area contributed by atoms with Crippen LogP contribution in [0.15, 0.2) is 46.9 Å². The Morgan fingerprint density at radius 3 is 2.67 bits per heavy atom. The Morgan fingerprint density at radius 2 is 2.00 bits per heavy atom. The van der Waals surface area contributed by atoms with Crippen molar-refractivity contribution in [3.8, 4) is 0 Å². The van der Waals surface area contributed by atoms with Crippen molar-refractivity contribution in [3.05, 3.63) is 58.3 Å². The second kappa shape index (κ2) is 5.40. The van der Waals surface area contributed by atoms with Gasteiger partial charge in [0, 0.05) is 29.4 Å². The summed E-state index contributed by atoms with van der Waals surface area (Å²) in [5.41, 5.74) is 8.53. The maximum absolute atomic E-state index is 13.1. The number of benzene rings is 2. The summed E-state index contributed by atoms with van der Waals surface area (Å²) in [4.78, 5) is 1.96. The molecule has 0 heterocycles. The summed E-state index contributed by atoms with van der Waals surface area (Å²) >= 11 is 3.37. The van der Waals surface area contributed by atoms with Crippen LogP contribution in [0.1, 0.15) is 5.56 Å². The van der Waals surface area contributed by atoms with Gasteiger partial charge in [-0.25, -0.2) is 4.39 Å². The highest BCUT2D eigenvalue weighted by atomic mass is 79.9. The van der Waals surface area contributed by atoms with Crippen LogP contribution in [-0.2, 0) is 6.54 Å². The zero-order valence-corrected chi connectivity index (χ0v) is 11.6. The summed E-state index contributed by atoms with van der Waals surface area (Å²) < 4.78 is 14.1. The topological polar surface area (TPSA) is 29.3 Å². The highest BCUT2D eigenvalue weighted by Crippen LogP contribution is 2.22.